The van der Waals surface area contributed by atoms with Gasteiger partial charge in [-0.3, -0.25) is 0 Å². The van der Waals surface area contributed by atoms with Crippen molar-refractivity contribution >= 4 is 5.82 Å². The van der Waals surface area contributed by atoms with E-state index in [1.807, 2.05) is 6.07 Å². The zero-order chi connectivity index (χ0) is 12.3. The summed E-state index contributed by atoms with van der Waals surface area (Å²) in [5, 5.41) is 0. The third-order valence-electron chi connectivity index (χ3n) is 2.77. The predicted octanol–water partition coefficient (Wildman–Crippen LogP) is 2.99. The van der Waals surface area contributed by atoms with Crippen LogP contribution in [0.2, 0.25) is 0 Å². The lowest BCUT2D eigenvalue weighted by molar-refractivity contribution is 0.908. The first-order valence-electron chi connectivity index (χ1n) is 5.88. The Morgan fingerprint density at radius 3 is 2.76 bits per heavy atom. The third-order valence-corrected chi connectivity index (χ3v) is 2.77. The molecule has 0 saturated heterocycles. The van der Waals surface area contributed by atoms with Crippen LogP contribution < -0.4 is 5.73 Å². The Labute approximate surface area is 102 Å². The molecule has 3 heteroatoms. The zero-order valence-corrected chi connectivity index (χ0v) is 10.3. The largest absolute Gasteiger partial charge is 0.383 e. The molecule has 0 bridgehead atoms. The van der Waals surface area contributed by atoms with Crippen LogP contribution in [0.4, 0.5) is 5.82 Å². The summed E-state index contributed by atoms with van der Waals surface area (Å²) in [6, 6.07) is 8.31. The van der Waals surface area contributed by atoms with Crippen molar-refractivity contribution in [3.8, 4) is 11.3 Å². The van der Waals surface area contributed by atoms with Crippen molar-refractivity contribution in [3.63, 3.8) is 0 Å². The lowest BCUT2D eigenvalue weighted by Crippen LogP contribution is -2.02. The van der Waals surface area contributed by atoms with Crippen molar-refractivity contribution in [2.75, 3.05) is 5.73 Å². The van der Waals surface area contributed by atoms with Crippen molar-refractivity contribution in [2.24, 2.45) is 0 Å². The maximum Gasteiger partial charge on any atom is 0.130 e. The van der Waals surface area contributed by atoms with Crippen molar-refractivity contribution in [3.05, 3.63) is 41.7 Å². The average molecular weight is 227 g/mol. The first kappa shape index (κ1) is 11.6. The van der Waals surface area contributed by atoms with Crippen LogP contribution in [0.15, 0.2) is 30.6 Å². The number of anilines is 1. The molecule has 2 rings (SSSR count). The molecule has 2 aromatic rings. The normalized spacial score (nSPS) is 10.5. The van der Waals surface area contributed by atoms with Gasteiger partial charge in [-0.1, -0.05) is 37.1 Å². The molecule has 3 nitrogen and oxygen atoms in total. The van der Waals surface area contributed by atoms with Crippen LogP contribution >= 0.6 is 0 Å². The van der Waals surface area contributed by atoms with Gasteiger partial charge in [0.05, 0.1) is 5.69 Å². The topological polar surface area (TPSA) is 51.8 Å². The molecule has 0 fully saturated rings. The van der Waals surface area contributed by atoms with Gasteiger partial charge in [-0.2, -0.15) is 0 Å². The number of aryl methyl sites for hydroxylation is 1. The van der Waals surface area contributed by atoms with Gasteiger partial charge in [0.2, 0.25) is 0 Å². The maximum absolute atomic E-state index is 5.93. The number of rotatable bonds is 3. The Bertz CT molecular complexity index is 521. The SMILES string of the molecule is CCCc1c(N)ncnc1-c1cccc(C)c1. The highest BCUT2D eigenvalue weighted by Gasteiger charge is 2.10. The van der Waals surface area contributed by atoms with Crippen molar-refractivity contribution < 1.29 is 0 Å². The molecule has 17 heavy (non-hydrogen) atoms. The molecule has 0 amide bonds. The molecule has 0 atom stereocenters. The number of nitrogens with two attached hydrogens (primary N) is 1. The molecular formula is C14H17N3. The number of nitrogens with zero attached hydrogens (tertiary/aromatic N) is 2. The molecule has 88 valence electrons. The molecule has 1 heterocycles. The van der Waals surface area contributed by atoms with Gasteiger partial charge in [0.1, 0.15) is 12.1 Å². The fourth-order valence-corrected chi connectivity index (χ4v) is 1.96. The smallest absolute Gasteiger partial charge is 0.130 e. The van der Waals surface area contributed by atoms with Gasteiger partial charge in [-0.05, 0) is 19.4 Å². The van der Waals surface area contributed by atoms with Crippen LogP contribution in [-0.2, 0) is 6.42 Å². The van der Waals surface area contributed by atoms with E-state index in [1.165, 1.54) is 11.9 Å². The Hall–Kier alpha value is -1.90. The number of nitrogen functional groups attached to an aromatic ring is 1. The second-order valence-electron chi connectivity index (χ2n) is 4.21. The summed E-state index contributed by atoms with van der Waals surface area (Å²) in [6.45, 7) is 4.21. The standard InChI is InChI=1S/C14H17N3/c1-3-5-12-13(16-9-17-14(12)15)11-7-4-6-10(2)8-11/h4,6-9H,3,5H2,1-2H3,(H2,15,16,17). The average Bonchev–Trinajstić information content (AvgIpc) is 2.32. The van der Waals surface area contributed by atoms with Gasteiger partial charge in [-0.15, -0.1) is 0 Å². The van der Waals surface area contributed by atoms with Gasteiger partial charge in [0.15, 0.2) is 0 Å². The molecule has 1 aromatic heterocycles. The molecule has 0 radical (unpaired) electrons. The van der Waals surface area contributed by atoms with Crippen LogP contribution in [-0.4, -0.2) is 9.97 Å². The highest BCUT2D eigenvalue weighted by Crippen LogP contribution is 2.25. The highest BCUT2D eigenvalue weighted by molar-refractivity contribution is 5.67. The summed E-state index contributed by atoms with van der Waals surface area (Å²) >= 11 is 0. The Morgan fingerprint density at radius 2 is 2.06 bits per heavy atom. The number of benzene rings is 1. The monoisotopic (exact) mass is 227 g/mol. The molecule has 0 saturated carbocycles. The van der Waals surface area contributed by atoms with E-state index in [2.05, 4.69) is 42.0 Å². The molecule has 0 spiro atoms. The first-order chi connectivity index (χ1) is 8.22. The second-order valence-corrected chi connectivity index (χ2v) is 4.21. The predicted molar refractivity (Wildman–Crippen MR) is 70.6 cm³/mol. The van der Waals surface area contributed by atoms with Gasteiger partial charge >= 0.3 is 0 Å². The van der Waals surface area contributed by atoms with Crippen LogP contribution in [0.1, 0.15) is 24.5 Å². The third kappa shape index (κ3) is 2.44. The molecule has 0 unspecified atom stereocenters. The summed E-state index contributed by atoms with van der Waals surface area (Å²) in [7, 11) is 0. The molecule has 2 N–H and O–H groups in total. The number of aromatic nitrogens is 2. The van der Waals surface area contributed by atoms with Crippen molar-refractivity contribution in [1.82, 2.24) is 9.97 Å². The van der Waals surface area contributed by atoms with Crippen LogP contribution in [0.3, 0.4) is 0 Å². The Balaban J connectivity index is 2.54. The van der Waals surface area contributed by atoms with Crippen molar-refractivity contribution in [1.29, 1.82) is 0 Å². The first-order valence-corrected chi connectivity index (χ1v) is 5.88. The minimum atomic E-state index is 0.596. The van der Waals surface area contributed by atoms with Gasteiger partial charge in [-0.25, -0.2) is 9.97 Å². The van der Waals surface area contributed by atoms with E-state index >= 15 is 0 Å². The molecular weight excluding hydrogens is 210 g/mol. The highest BCUT2D eigenvalue weighted by atomic mass is 14.9. The fraction of sp³-hybridized carbons (Fsp3) is 0.286. The van der Waals surface area contributed by atoms with E-state index in [-0.39, 0.29) is 0 Å². The Kier molecular flexibility index (Phi) is 3.38. The summed E-state index contributed by atoms with van der Waals surface area (Å²) in [5.41, 5.74) is 10.3. The quantitative estimate of drug-likeness (QED) is 0.877. The maximum atomic E-state index is 5.93. The summed E-state index contributed by atoms with van der Waals surface area (Å²) < 4.78 is 0. The van der Waals surface area contributed by atoms with E-state index in [1.54, 1.807) is 0 Å². The Morgan fingerprint density at radius 1 is 1.24 bits per heavy atom. The lowest BCUT2D eigenvalue weighted by atomic mass is 10.0. The van der Waals surface area contributed by atoms with E-state index in [0.717, 1.165) is 29.7 Å². The molecule has 0 aliphatic carbocycles. The molecule has 0 aliphatic heterocycles. The van der Waals surface area contributed by atoms with Crippen molar-refractivity contribution in [2.45, 2.75) is 26.7 Å². The summed E-state index contributed by atoms with van der Waals surface area (Å²) in [5.74, 6) is 0.596. The van der Waals surface area contributed by atoms with E-state index in [4.69, 9.17) is 5.73 Å². The van der Waals surface area contributed by atoms with E-state index in [0.29, 0.717) is 5.82 Å². The number of hydrogen-bond donors (Lipinski definition) is 1. The van der Waals surface area contributed by atoms with E-state index in [9.17, 15) is 0 Å². The second kappa shape index (κ2) is 4.95. The molecule has 1 aromatic carbocycles. The zero-order valence-electron chi connectivity index (χ0n) is 10.3. The van der Waals surface area contributed by atoms with Crippen LogP contribution in [0.5, 0.6) is 0 Å². The minimum absolute atomic E-state index is 0.596. The summed E-state index contributed by atoms with van der Waals surface area (Å²) in [6.07, 6.45) is 3.48. The van der Waals surface area contributed by atoms with Gasteiger partial charge in [0, 0.05) is 11.1 Å². The van der Waals surface area contributed by atoms with Gasteiger partial charge in [0.25, 0.3) is 0 Å². The molecule has 0 aliphatic rings. The minimum Gasteiger partial charge on any atom is -0.383 e. The van der Waals surface area contributed by atoms with Crippen LogP contribution in [0, 0.1) is 6.92 Å². The lowest BCUT2D eigenvalue weighted by Gasteiger charge is -2.10. The van der Waals surface area contributed by atoms with Crippen LogP contribution in [0.25, 0.3) is 11.3 Å². The fourth-order valence-electron chi connectivity index (χ4n) is 1.96. The van der Waals surface area contributed by atoms with Gasteiger partial charge < -0.3 is 5.73 Å². The summed E-state index contributed by atoms with van der Waals surface area (Å²) in [4.78, 5) is 8.45. The number of hydrogen-bond acceptors (Lipinski definition) is 3. The van der Waals surface area contributed by atoms with E-state index < -0.39 is 0 Å².